The summed E-state index contributed by atoms with van der Waals surface area (Å²) in [7, 11) is 5.43. The molecular formula is C33H43N5O3. The maximum atomic E-state index is 13.8. The van der Waals surface area contributed by atoms with E-state index in [1.807, 2.05) is 40.9 Å². The molecule has 2 aliphatic rings. The molecule has 1 saturated carbocycles. The molecule has 2 atom stereocenters. The van der Waals surface area contributed by atoms with E-state index in [0.717, 1.165) is 65.4 Å². The molecule has 4 heterocycles. The number of carbonyl (C=O) groups excluding carboxylic acids is 1. The third-order valence-electron chi connectivity index (χ3n) is 9.47. The van der Waals surface area contributed by atoms with Gasteiger partial charge < -0.3 is 23.3 Å². The molecule has 8 heteroatoms. The minimum atomic E-state index is 0.00242. The SMILES string of the molecule is CCC(C)CC[C@@H]1CCCN(C(=O)c2cc(OC)c3c(c2)nc(-c2cc4ccn(C)c(=O)c4n2CC2CC2)n3C)C1. The van der Waals surface area contributed by atoms with Crippen LogP contribution < -0.4 is 10.3 Å². The molecule has 0 spiro atoms. The number of pyridine rings is 1. The normalized spacial score (nSPS) is 18.4. The van der Waals surface area contributed by atoms with E-state index in [9.17, 15) is 9.59 Å². The number of aryl methyl sites for hydroxylation is 2. The van der Waals surface area contributed by atoms with Crippen molar-refractivity contribution in [3.05, 3.63) is 46.4 Å². The van der Waals surface area contributed by atoms with Crippen LogP contribution >= 0.6 is 0 Å². The molecule has 4 aromatic rings. The Labute approximate surface area is 241 Å². The molecule has 0 N–H and O–H groups in total. The Bertz CT molecular complexity index is 1660. The summed E-state index contributed by atoms with van der Waals surface area (Å²) in [5.74, 6) is 3.34. The smallest absolute Gasteiger partial charge is 0.274 e. The third-order valence-corrected chi connectivity index (χ3v) is 9.47. The zero-order chi connectivity index (χ0) is 28.8. The van der Waals surface area contributed by atoms with Gasteiger partial charge in [-0.3, -0.25) is 9.59 Å². The molecule has 6 rings (SSSR count). The molecule has 0 bridgehead atoms. The highest BCUT2D eigenvalue weighted by molar-refractivity contribution is 6.00. The van der Waals surface area contributed by atoms with Crippen molar-refractivity contribution in [2.75, 3.05) is 20.2 Å². The molecule has 8 nitrogen and oxygen atoms in total. The third kappa shape index (κ3) is 5.17. The summed E-state index contributed by atoms with van der Waals surface area (Å²) in [5.41, 5.74) is 3.84. The minimum Gasteiger partial charge on any atom is -0.494 e. The first-order valence-corrected chi connectivity index (χ1v) is 15.3. The first kappa shape index (κ1) is 27.6. The van der Waals surface area contributed by atoms with Crippen molar-refractivity contribution in [2.24, 2.45) is 31.8 Å². The van der Waals surface area contributed by atoms with Gasteiger partial charge in [-0.25, -0.2) is 4.98 Å². The fraction of sp³-hybridized carbons (Fsp3) is 0.545. The number of amides is 1. The molecule has 3 aromatic heterocycles. The van der Waals surface area contributed by atoms with Gasteiger partial charge in [0, 0.05) is 50.9 Å². The van der Waals surface area contributed by atoms with Crippen LogP contribution in [0.1, 0.15) is 69.2 Å². The van der Waals surface area contributed by atoms with E-state index in [1.54, 1.807) is 18.7 Å². The van der Waals surface area contributed by atoms with E-state index in [-0.39, 0.29) is 11.5 Å². The van der Waals surface area contributed by atoms with E-state index in [1.165, 1.54) is 38.5 Å². The van der Waals surface area contributed by atoms with Gasteiger partial charge in [0.1, 0.15) is 16.8 Å². The Balaban J connectivity index is 1.37. The second kappa shape index (κ2) is 11.0. The molecule has 1 unspecified atom stereocenters. The van der Waals surface area contributed by atoms with Gasteiger partial charge in [0.2, 0.25) is 0 Å². The van der Waals surface area contributed by atoms with Gasteiger partial charge in [-0.2, -0.15) is 0 Å². The summed E-state index contributed by atoms with van der Waals surface area (Å²) in [4.78, 5) is 34.1. The lowest BCUT2D eigenvalue weighted by Gasteiger charge is -2.33. The number of carbonyl (C=O) groups is 1. The van der Waals surface area contributed by atoms with Gasteiger partial charge in [-0.05, 0) is 74.1 Å². The van der Waals surface area contributed by atoms with Crippen LogP contribution in [0.4, 0.5) is 0 Å². The number of aromatic nitrogens is 4. The second-order valence-corrected chi connectivity index (χ2v) is 12.5. The maximum absolute atomic E-state index is 13.8. The van der Waals surface area contributed by atoms with Crippen molar-refractivity contribution in [3.63, 3.8) is 0 Å². The fourth-order valence-electron chi connectivity index (χ4n) is 6.51. The van der Waals surface area contributed by atoms with Crippen LogP contribution in [-0.2, 0) is 20.6 Å². The Morgan fingerprint density at radius 2 is 1.93 bits per heavy atom. The average Bonchev–Trinajstić information content (AvgIpc) is 3.65. The highest BCUT2D eigenvalue weighted by Crippen LogP contribution is 2.37. The Kier molecular flexibility index (Phi) is 7.43. The molecule has 2 fully saturated rings. The van der Waals surface area contributed by atoms with Crippen molar-refractivity contribution in [2.45, 2.75) is 65.3 Å². The lowest BCUT2D eigenvalue weighted by atomic mass is 9.89. The number of hydrogen-bond donors (Lipinski definition) is 0. The van der Waals surface area contributed by atoms with Crippen molar-refractivity contribution in [3.8, 4) is 17.3 Å². The first-order chi connectivity index (χ1) is 19.8. The van der Waals surface area contributed by atoms with Crippen molar-refractivity contribution >= 4 is 27.8 Å². The zero-order valence-electron chi connectivity index (χ0n) is 25.2. The topological polar surface area (TPSA) is 74.3 Å². The zero-order valence-corrected chi connectivity index (χ0v) is 25.2. The van der Waals surface area contributed by atoms with Gasteiger partial charge in [0.15, 0.2) is 5.82 Å². The number of nitrogens with zero attached hydrogens (tertiary/aromatic N) is 5. The summed E-state index contributed by atoms with van der Waals surface area (Å²) in [6, 6.07) is 7.86. The lowest BCUT2D eigenvalue weighted by molar-refractivity contribution is 0.0664. The van der Waals surface area contributed by atoms with Crippen molar-refractivity contribution in [1.29, 1.82) is 0 Å². The Hall–Kier alpha value is -3.55. The molecule has 1 aliphatic carbocycles. The van der Waals surface area contributed by atoms with E-state index >= 15 is 0 Å². The van der Waals surface area contributed by atoms with Crippen LogP contribution in [0.5, 0.6) is 5.75 Å². The van der Waals surface area contributed by atoms with Crippen LogP contribution in [0.3, 0.4) is 0 Å². The van der Waals surface area contributed by atoms with Gasteiger partial charge in [-0.1, -0.05) is 26.7 Å². The quantitative estimate of drug-likeness (QED) is 0.253. The first-order valence-electron chi connectivity index (χ1n) is 15.3. The molecular weight excluding hydrogens is 514 g/mol. The molecule has 1 aromatic carbocycles. The molecule has 218 valence electrons. The summed E-state index contributed by atoms with van der Waals surface area (Å²) in [6.45, 7) is 6.98. The minimum absolute atomic E-state index is 0.00242. The van der Waals surface area contributed by atoms with Crippen LogP contribution in [0.25, 0.3) is 33.5 Å². The van der Waals surface area contributed by atoms with Crippen LogP contribution in [-0.4, -0.2) is 49.7 Å². The fourth-order valence-corrected chi connectivity index (χ4v) is 6.51. The number of fused-ring (bicyclic) bond motifs is 2. The van der Waals surface area contributed by atoms with Gasteiger partial charge >= 0.3 is 0 Å². The molecule has 0 radical (unpaired) electrons. The monoisotopic (exact) mass is 557 g/mol. The van der Waals surface area contributed by atoms with Gasteiger partial charge in [0.05, 0.1) is 18.3 Å². The largest absolute Gasteiger partial charge is 0.494 e. The summed E-state index contributed by atoms with van der Waals surface area (Å²) >= 11 is 0. The van der Waals surface area contributed by atoms with Crippen LogP contribution in [0, 0.1) is 17.8 Å². The van der Waals surface area contributed by atoms with Crippen molar-refractivity contribution < 1.29 is 9.53 Å². The maximum Gasteiger partial charge on any atom is 0.274 e. The number of imidazole rings is 1. The average molecular weight is 558 g/mol. The van der Waals surface area contributed by atoms with E-state index in [4.69, 9.17) is 9.72 Å². The summed E-state index contributed by atoms with van der Waals surface area (Å²) < 4.78 is 11.7. The Morgan fingerprint density at radius 3 is 2.66 bits per heavy atom. The van der Waals surface area contributed by atoms with E-state index < -0.39 is 0 Å². The van der Waals surface area contributed by atoms with Gasteiger partial charge in [-0.15, -0.1) is 0 Å². The lowest BCUT2D eigenvalue weighted by Crippen LogP contribution is -2.40. The number of likely N-dealkylation sites (tertiary alicyclic amines) is 1. The molecule has 1 aliphatic heterocycles. The molecule has 1 amide bonds. The van der Waals surface area contributed by atoms with E-state index in [2.05, 4.69) is 24.5 Å². The van der Waals surface area contributed by atoms with Crippen LogP contribution in [0.15, 0.2) is 35.3 Å². The second-order valence-electron chi connectivity index (χ2n) is 12.5. The number of rotatable bonds is 9. The van der Waals surface area contributed by atoms with Crippen molar-refractivity contribution in [1.82, 2.24) is 23.6 Å². The number of hydrogen-bond acceptors (Lipinski definition) is 4. The van der Waals surface area contributed by atoms with E-state index in [0.29, 0.717) is 23.1 Å². The standard InChI is InChI=1S/C33H43N5O3/c1-6-21(2)9-10-22-8-7-14-37(19-22)32(39)25-16-26-30(28(18-25)41-5)36(4)31(34-26)27-17-24-13-15-35(3)33(40)29(24)38(27)20-23-11-12-23/h13,15-18,21-23H,6-12,14,19-20H2,1-5H3/t21?,22-/m0/s1. The molecule has 1 saturated heterocycles. The summed E-state index contributed by atoms with van der Waals surface area (Å²) in [5, 5.41) is 0.923. The Morgan fingerprint density at radius 1 is 1.12 bits per heavy atom. The number of piperidine rings is 1. The predicted molar refractivity (Wildman–Crippen MR) is 163 cm³/mol. The van der Waals surface area contributed by atoms with Crippen LogP contribution in [0.2, 0.25) is 0 Å². The number of benzene rings is 1. The summed E-state index contributed by atoms with van der Waals surface area (Å²) in [6.07, 6.45) is 10.1. The predicted octanol–water partition coefficient (Wildman–Crippen LogP) is 5.99. The highest BCUT2D eigenvalue weighted by Gasteiger charge is 2.29. The highest BCUT2D eigenvalue weighted by atomic mass is 16.5. The van der Waals surface area contributed by atoms with Gasteiger partial charge in [0.25, 0.3) is 11.5 Å². The number of ether oxygens (including phenoxy) is 1. The number of methoxy groups -OCH3 is 1. The molecule has 41 heavy (non-hydrogen) atoms.